The first-order valence-corrected chi connectivity index (χ1v) is 5.29. The van der Waals surface area contributed by atoms with E-state index in [1.165, 1.54) is 23.0 Å². The average Bonchev–Trinajstić information content (AvgIpc) is 2.97. The van der Waals surface area contributed by atoms with Crippen molar-refractivity contribution in [2.45, 2.75) is 13.5 Å². The standard InChI is InChI=1S/C10H11N5O4/c1-6-7(4-8(19-6)10(16)12-11)5-14-3-2-9(13-14)15(17)18/h2-4H,5,11H2,1H3,(H,12,16). The van der Waals surface area contributed by atoms with E-state index in [4.69, 9.17) is 10.3 Å². The van der Waals surface area contributed by atoms with Gasteiger partial charge in [0.25, 0.3) is 0 Å². The van der Waals surface area contributed by atoms with Gasteiger partial charge in [-0.3, -0.25) is 10.2 Å². The van der Waals surface area contributed by atoms with Gasteiger partial charge in [-0.15, -0.1) is 0 Å². The molecule has 100 valence electrons. The van der Waals surface area contributed by atoms with E-state index in [1.807, 2.05) is 5.43 Å². The highest BCUT2D eigenvalue weighted by Crippen LogP contribution is 2.16. The van der Waals surface area contributed by atoms with Crippen molar-refractivity contribution in [3.05, 3.63) is 45.5 Å². The molecule has 0 spiro atoms. The number of nitrogens with zero attached hydrogens (tertiary/aromatic N) is 3. The van der Waals surface area contributed by atoms with Crippen molar-refractivity contribution in [1.29, 1.82) is 0 Å². The number of aryl methyl sites for hydroxylation is 1. The number of aromatic nitrogens is 2. The molecule has 2 aromatic rings. The van der Waals surface area contributed by atoms with Crippen molar-refractivity contribution in [2.24, 2.45) is 5.84 Å². The maximum absolute atomic E-state index is 11.3. The zero-order chi connectivity index (χ0) is 14.0. The lowest BCUT2D eigenvalue weighted by molar-refractivity contribution is -0.389. The topological polar surface area (TPSA) is 129 Å². The lowest BCUT2D eigenvalue weighted by atomic mass is 10.2. The summed E-state index contributed by atoms with van der Waals surface area (Å²) in [5.41, 5.74) is 2.65. The molecule has 0 aliphatic carbocycles. The van der Waals surface area contributed by atoms with Crippen LogP contribution in [0.2, 0.25) is 0 Å². The van der Waals surface area contributed by atoms with E-state index < -0.39 is 10.8 Å². The predicted molar refractivity (Wildman–Crippen MR) is 63.1 cm³/mol. The Morgan fingerprint density at radius 2 is 2.42 bits per heavy atom. The molecule has 0 bridgehead atoms. The fourth-order valence-corrected chi connectivity index (χ4v) is 1.57. The minimum absolute atomic E-state index is 0.0802. The number of nitro groups is 1. The van der Waals surface area contributed by atoms with Gasteiger partial charge in [-0.25, -0.2) is 5.84 Å². The van der Waals surface area contributed by atoms with Gasteiger partial charge in [0.2, 0.25) is 0 Å². The van der Waals surface area contributed by atoms with E-state index in [-0.39, 0.29) is 18.1 Å². The molecule has 19 heavy (non-hydrogen) atoms. The first-order chi connectivity index (χ1) is 9.01. The third-order valence-corrected chi connectivity index (χ3v) is 2.52. The second-order valence-electron chi connectivity index (χ2n) is 3.79. The minimum atomic E-state index is -0.577. The largest absolute Gasteiger partial charge is 0.456 e. The van der Waals surface area contributed by atoms with Crippen molar-refractivity contribution in [1.82, 2.24) is 15.2 Å². The number of carbonyl (C=O) groups is 1. The fourth-order valence-electron chi connectivity index (χ4n) is 1.57. The molecule has 0 radical (unpaired) electrons. The van der Waals surface area contributed by atoms with Gasteiger partial charge in [-0.1, -0.05) is 0 Å². The molecule has 0 unspecified atom stereocenters. The van der Waals surface area contributed by atoms with E-state index in [0.717, 1.165) is 0 Å². The molecular weight excluding hydrogens is 254 g/mol. The Balaban J connectivity index is 2.20. The first-order valence-electron chi connectivity index (χ1n) is 5.29. The predicted octanol–water partition coefficient (Wildman–Crippen LogP) is 0.345. The number of hydrazine groups is 1. The highest BCUT2D eigenvalue weighted by molar-refractivity contribution is 5.91. The molecule has 3 N–H and O–H groups in total. The number of amides is 1. The van der Waals surface area contributed by atoms with Crippen molar-refractivity contribution in [2.75, 3.05) is 0 Å². The quantitative estimate of drug-likeness (QED) is 0.355. The number of nitrogens with two attached hydrogens (primary N) is 1. The third kappa shape index (κ3) is 2.60. The normalized spacial score (nSPS) is 10.4. The Labute approximate surface area is 107 Å². The summed E-state index contributed by atoms with van der Waals surface area (Å²) in [6, 6.07) is 2.81. The number of furan rings is 1. The van der Waals surface area contributed by atoms with Crippen LogP contribution in [0.3, 0.4) is 0 Å². The van der Waals surface area contributed by atoms with Crippen LogP contribution in [0.1, 0.15) is 21.9 Å². The van der Waals surface area contributed by atoms with E-state index in [2.05, 4.69) is 5.10 Å². The third-order valence-electron chi connectivity index (χ3n) is 2.52. The number of hydrogen-bond acceptors (Lipinski definition) is 6. The molecule has 0 saturated heterocycles. The summed E-state index contributed by atoms with van der Waals surface area (Å²) < 4.78 is 6.62. The summed E-state index contributed by atoms with van der Waals surface area (Å²) in [6.45, 7) is 1.95. The SMILES string of the molecule is Cc1oc(C(=O)NN)cc1Cn1ccc([N+](=O)[O-])n1. The summed E-state index contributed by atoms with van der Waals surface area (Å²) in [6.07, 6.45) is 1.48. The summed E-state index contributed by atoms with van der Waals surface area (Å²) in [5.74, 6) is 4.83. The van der Waals surface area contributed by atoms with Gasteiger partial charge >= 0.3 is 11.7 Å². The van der Waals surface area contributed by atoms with Crippen LogP contribution in [0.4, 0.5) is 5.82 Å². The molecule has 2 aromatic heterocycles. The monoisotopic (exact) mass is 265 g/mol. The van der Waals surface area contributed by atoms with Gasteiger partial charge in [0.15, 0.2) is 5.76 Å². The summed E-state index contributed by atoms with van der Waals surface area (Å²) in [7, 11) is 0. The Hall–Kier alpha value is -2.68. The lowest BCUT2D eigenvalue weighted by Gasteiger charge is -1.94. The fraction of sp³-hybridized carbons (Fsp3) is 0.200. The number of rotatable bonds is 4. The van der Waals surface area contributed by atoms with Crippen molar-refractivity contribution in [3.8, 4) is 0 Å². The molecule has 0 fully saturated rings. The van der Waals surface area contributed by atoms with Crippen LogP contribution in [-0.4, -0.2) is 20.6 Å². The van der Waals surface area contributed by atoms with Gasteiger partial charge in [-0.2, -0.15) is 4.68 Å². The Kier molecular flexibility index (Phi) is 3.29. The molecule has 0 atom stereocenters. The van der Waals surface area contributed by atoms with Gasteiger partial charge in [0, 0.05) is 5.56 Å². The van der Waals surface area contributed by atoms with Crippen LogP contribution in [0.5, 0.6) is 0 Å². The van der Waals surface area contributed by atoms with Crippen LogP contribution < -0.4 is 11.3 Å². The number of carbonyl (C=O) groups excluding carboxylic acids is 1. The van der Waals surface area contributed by atoms with Crippen molar-refractivity contribution >= 4 is 11.7 Å². The molecule has 0 aliphatic heterocycles. The number of nitrogen functional groups attached to an aromatic ring is 1. The van der Waals surface area contributed by atoms with Crippen molar-refractivity contribution < 1.29 is 14.1 Å². The smallest absolute Gasteiger partial charge is 0.389 e. The lowest BCUT2D eigenvalue weighted by Crippen LogP contribution is -2.29. The van der Waals surface area contributed by atoms with Gasteiger partial charge < -0.3 is 14.5 Å². The summed E-state index contributed by atoms with van der Waals surface area (Å²) in [5, 5.41) is 14.3. The Morgan fingerprint density at radius 1 is 1.68 bits per heavy atom. The molecule has 2 heterocycles. The zero-order valence-electron chi connectivity index (χ0n) is 9.99. The van der Waals surface area contributed by atoms with Gasteiger partial charge in [0.05, 0.1) is 23.9 Å². The first kappa shape index (κ1) is 12.8. The van der Waals surface area contributed by atoms with E-state index in [0.29, 0.717) is 11.3 Å². The van der Waals surface area contributed by atoms with Crippen LogP contribution in [0, 0.1) is 17.0 Å². The van der Waals surface area contributed by atoms with Crippen LogP contribution in [0.15, 0.2) is 22.7 Å². The van der Waals surface area contributed by atoms with E-state index >= 15 is 0 Å². The van der Waals surface area contributed by atoms with Crippen LogP contribution in [0.25, 0.3) is 0 Å². The molecule has 9 nitrogen and oxygen atoms in total. The maximum atomic E-state index is 11.3. The summed E-state index contributed by atoms with van der Waals surface area (Å²) in [4.78, 5) is 21.2. The summed E-state index contributed by atoms with van der Waals surface area (Å²) >= 11 is 0. The molecule has 9 heteroatoms. The Morgan fingerprint density at radius 3 is 3.00 bits per heavy atom. The van der Waals surface area contributed by atoms with Gasteiger partial charge in [-0.05, 0) is 17.9 Å². The van der Waals surface area contributed by atoms with E-state index in [1.54, 1.807) is 6.92 Å². The van der Waals surface area contributed by atoms with Crippen molar-refractivity contribution in [3.63, 3.8) is 0 Å². The average molecular weight is 265 g/mol. The maximum Gasteiger partial charge on any atom is 0.389 e. The molecule has 1 amide bonds. The number of nitrogens with one attached hydrogen (secondary N) is 1. The molecule has 0 aromatic carbocycles. The minimum Gasteiger partial charge on any atom is -0.456 e. The number of hydrogen-bond donors (Lipinski definition) is 2. The second-order valence-corrected chi connectivity index (χ2v) is 3.79. The molecule has 0 saturated carbocycles. The second kappa shape index (κ2) is 4.90. The van der Waals surface area contributed by atoms with Gasteiger partial charge in [0.1, 0.15) is 5.76 Å². The molecular formula is C10H11N5O4. The van der Waals surface area contributed by atoms with Crippen LogP contribution >= 0.6 is 0 Å². The Bertz CT molecular complexity index is 630. The highest BCUT2D eigenvalue weighted by atomic mass is 16.6. The van der Waals surface area contributed by atoms with Crippen LogP contribution in [-0.2, 0) is 6.54 Å². The zero-order valence-corrected chi connectivity index (χ0v) is 9.99. The molecule has 2 rings (SSSR count). The highest BCUT2D eigenvalue weighted by Gasteiger charge is 2.16. The van der Waals surface area contributed by atoms with E-state index in [9.17, 15) is 14.9 Å². The molecule has 0 aliphatic rings.